The fourth-order valence-electron chi connectivity index (χ4n) is 5.38. The lowest BCUT2D eigenvalue weighted by atomic mass is 9.85. The predicted molar refractivity (Wildman–Crippen MR) is 105 cm³/mol. The molecule has 5 nitrogen and oxygen atoms in total. The van der Waals surface area contributed by atoms with Crippen LogP contribution < -0.4 is 4.90 Å². The average molecular weight is 446 g/mol. The van der Waals surface area contributed by atoms with Gasteiger partial charge in [-0.3, -0.25) is 19.3 Å². The van der Waals surface area contributed by atoms with Gasteiger partial charge in [-0.15, -0.1) is 0 Å². The minimum atomic E-state index is -4.62. The van der Waals surface area contributed by atoms with Gasteiger partial charge in [-0.2, -0.15) is 13.2 Å². The van der Waals surface area contributed by atoms with Gasteiger partial charge in [0.05, 0.1) is 29.1 Å². The van der Waals surface area contributed by atoms with E-state index < -0.39 is 53.0 Å². The number of hydrogen-bond acceptors (Lipinski definition) is 4. The number of halogens is 4. The molecule has 3 saturated heterocycles. The maximum atomic E-state index is 13.4. The van der Waals surface area contributed by atoms with Crippen molar-refractivity contribution in [3.05, 3.63) is 65.5 Å². The Labute approximate surface area is 180 Å². The van der Waals surface area contributed by atoms with Crippen molar-refractivity contribution < 1.29 is 31.9 Å². The monoisotopic (exact) mass is 446 g/mol. The topological polar surface area (TPSA) is 57.7 Å². The number of carbonyl (C=O) groups is 3. The number of ketones is 1. The molecule has 3 aliphatic rings. The van der Waals surface area contributed by atoms with Gasteiger partial charge in [-0.1, -0.05) is 6.07 Å². The summed E-state index contributed by atoms with van der Waals surface area (Å²) in [4.78, 5) is 42.7. The van der Waals surface area contributed by atoms with Crippen molar-refractivity contribution in [1.29, 1.82) is 0 Å². The third-order valence-electron chi connectivity index (χ3n) is 6.68. The molecule has 32 heavy (non-hydrogen) atoms. The van der Waals surface area contributed by atoms with Crippen LogP contribution in [0.3, 0.4) is 0 Å². The highest BCUT2D eigenvalue weighted by Crippen LogP contribution is 2.48. The molecule has 3 aliphatic heterocycles. The molecule has 0 spiro atoms. The first-order valence-corrected chi connectivity index (χ1v) is 10.3. The molecule has 2 aromatic carbocycles. The first kappa shape index (κ1) is 20.8. The number of alkyl halides is 3. The summed E-state index contributed by atoms with van der Waals surface area (Å²) in [6.07, 6.45) is -3.27. The maximum absolute atomic E-state index is 13.4. The fraction of sp³-hybridized carbons (Fsp3) is 0.348. The lowest BCUT2D eigenvalue weighted by molar-refractivity contribution is -0.137. The van der Waals surface area contributed by atoms with Gasteiger partial charge in [0.1, 0.15) is 5.82 Å². The normalized spacial score (nSPS) is 27.7. The Hall–Kier alpha value is -3.07. The van der Waals surface area contributed by atoms with E-state index >= 15 is 0 Å². The molecule has 0 saturated carbocycles. The van der Waals surface area contributed by atoms with Crippen molar-refractivity contribution in [2.45, 2.75) is 31.1 Å². The van der Waals surface area contributed by atoms with Crippen LogP contribution in [0.1, 0.15) is 28.8 Å². The summed E-state index contributed by atoms with van der Waals surface area (Å²) in [7, 11) is 0. The second kappa shape index (κ2) is 7.23. The Morgan fingerprint density at radius 2 is 1.66 bits per heavy atom. The Bertz CT molecular complexity index is 1110. The van der Waals surface area contributed by atoms with Crippen LogP contribution in [0, 0.1) is 17.7 Å². The molecule has 0 N–H and O–H groups in total. The van der Waals surface area contributed by atoms with E-state index in [0.717, 1.165) is 41.7 Å². The van der Waals surface area contributed by atoms with E-state index in [1.807, 2.05) is 4.90 Å². The van der Waals surface area contributed by atoms with Crippen LogP contribution in [0.15, 0.2) is 48.5 Å². The van der Waals surface area contributed by atoms with Crippen LogP contribution in [-0.2, 0) is 15.8 Å². The minimum absolute atomic E-state index is 0.151. The summed E-state index contributed by atoms with van der Waals surface area (Å²) in [6, 6.07) is 7.81. The first-order chi connectivity index (χ1) is 15.2. The number of carbonyl (C=O) groups excluding carboxylic acids is 3. The number of Topliss-reactive ketones (excluding diaryl/α,β-unsaturated/α-hetero) is 1. The van der Waals surface area contributed by atoms with Gasteiger partial charge in [-0.25, -0.2) is 9.29 Å². The number of amides is 2. The molecular weight excluding hydrogens is 428 g/mol. The van der Waals surface area contributed by atoms with E-state index in [2.05, 4.69) is 0 Å². The van der Waals surface area contributed by atoms with Gasteiger partial charge >= 0.3 is 6.18 Å². The Kier molecular flexibility index (Phi) is 4.70. The smallest absolute Gasteiger partial charge is 0.292 e. The molecule has 3 heterocycles. The second-order valence-corrected chi connectivity index (χ2v) is 8.37. The summed E-state index contributed by atoms with van der Waals surface area (Å²) in [6.45, 7) is 0.541. The molecule has 9 heteroatoms. The zero-order valence-electron chi connectivity index (χ0n) is 16.7. The van der Waals surface area contributed by atoms with E-state index in [-0.39, 0.29) is 17.3 Å². The standard InChI is InChI=1S/C23H18F4N2O3/c24-14-8-6-12(7-9-14)20(30)19-18-17(16-5-2-10-28(16)19)21(31)29(22(18)32)15-4-1-3-13(11-15)23(25,26)27/h1,3-4,6-9,11,16-19H,2,5,10H2/t16-,17-,18+,19-/m1/s1. The number of nitrogens with zero attached hydrogens (tertiary/aromatic N) is 2. The van der Waals surface area contributed by atoms with Crippen LogP contribution in [0.5, 0.6) is 0 Å². The van der Waals surface area contributed by atoms with Crippen LogP contribution in [-0.4, -0.2) is 41.1 Å². The second-order valence-electron chi connectivity index (χ2n) is 8.37. The summed E-state index contributed by atoms with van der Waals surface area (Å²) >= 11 is 0. The first-order valence-electron chi connectivity index (χ1n) is 10.3. The number of anilines is 1. The van der Waals surface area contributed by atoms with Gasteiger partial charge < -0.3 is 0 Å². The van der Waals surface area contributed by atoms with Crippen LogP contribution in [0.2, 0.25) is 0 Å². The van der Waals surface area contributed by atoms with Crippen LogP contribution in [0.4, 0.5) is 23.2 Å². The maximum Gasteiger partial charge on any atom is 0.416 e. The van der Waals surface area contributed by atoms with E-state index in [1.165, 1.54) is 18.2 Å². The molecule has 0 bridgehead atoms. The summed E-state index contributed by atoms with van der Waals surface area (Å²) in [5.41, 5.74) is -0.892. The molecule has 5 rings (SSSR count). The summed E-state index contributed by atoms with van der Waals surface area (Å²) in [5.74, 6) is -3.93. The lowest BCUT2D eigenvalue weighted by Crippen LogP contribution is -2.46. The van der Waals surface area contributed by atoms with Crippen molar-refractivity contribution in [3.8, 4) is 0 Å². The van der Waals surface area contributed by atoms with Crippen molar-refractivity contribution in [3.63, 3.8) is 0 Å². The van der Waals surface area contributed by atoms with Gasteiger partial charge in [0.2, 0.25) is 11.8 Å². The molecule has 0 aliphatic carbocycles. The number of benzene rings is 2. The fourth-order valence-corrected chi connectivity index (χ4v) is 5.38. The summed E-state index contributed by atoms with van der Waals surface area (Å²) < 4.78 is 52.8. The van der Waals surface area contributed by atoms with Crippen molar-refractivity contribution in [2.24, 2.45) is 11.8 Å². The molecule has 4 atom stereocenters. The van der Waals surface area contributed by atoms with E-state index in [4.69, 9.17) is 0 Å². The molecule has 3 fully saturated rings. The Balaban J connectivity index is 1.54. The molecule has 0 aromatic heterocycles. The molecule has 0 radical (unpaired) electrons. The molecule has 2 aromatic rings. The van der Waals surface area contributed by atoms with Crippen molar-refractivity contribution in [1.82, 2.24) is 4.90 Å². The Morgan fingerprint density at radius 3 is 2.34 bits per heavy atom. The highest BCUT2D eigenvalue weighted by Gasteiger charge is 2.64. The largest absolute Gasteiger partial charge is 0.416 e. The minimum Gasteiger partial charge on any atom is -0.292 e. The van der Waals surface area contributed by atoms with Gasteiger partial charge in [0.25, 0.3) is 0 Å². The quantitative estimate of drug-likeness (QED) is 0.410. The Morgan fingerprint density at radius 1 is 0.969 bits per heavy atom. The van der Waals surface area contributed by atoms with Crippen molar-refractivity contribution in [2.75, 3.05) is 11.4 Å². The van der Waals surface area contributed by atoms with E-state index in [1.54, 1.807) is 0 Å². The van der Waals surface area contributed by atoms with E-state index in [9.17, 15) is 31.9 Å². The van der Waals surface area contributed by atoms with Gasteiger partial charge in [0, 0.05) is 11.6 Å². The van der Waals surface area contributed by atoms with E-state index in [0.29, 0.717) is 13.0 Å². The zero-order chi connectivity index (χ0) is 22.8. The lowest BCUT2D eigenvalue weighted by Gasteiger charge is -2.27. The third-order valence-corrected chi connectivity index (χ3v) is 6.68. The third kappa shape index (κ3) is 3.06. The number of fused-ring (bicyclic) bond motifs is 3. The predicted octanol–water partition coefficient (Wildman–Crippen LogP) is 3.68. The van der Waals surface area contributed by atoms with Crippen LogP contribution in [0.25, 0.3) is 0 Å². The molecular formula is C23H18F4N2O3. The highest BCUT2D eigenvalue weighted by molar-refractivity contribution is 6.24. The van der Waals surface area contributed by atoms with Crippen LogP contribution >= 0.6 is 0 Å². The zero-order valence-corrected chi connectivity index (χ0v) is 16.7. The summed E-state index contributed by atoms with van der Waals surface area (Å²) in [5, 5.41) is 0. The number of rotatable bonds is 3. The average Bonchev–Trinajstić information content (AvgIpc) is 3.39. The molecule has 2 amide bonds. The molecule has 0 unspecified atom stereocenters. The SMILES string of the molecule is O=C(c1ccc(F)cc1)[C@H]1[C@H]2C(=O)N(c3cccc(C(F)(F)F)c3)C(=O)[C@@H]2[C@H]2CCCN21. The number of hydrogen-bond donors (Lipinski definition) is 0. The van der Waals surface area contributed by atoms with Gasteiger partial charge in [0.15, 0.2) is 5.78 Å². The molecule has 166 valence electrons. The highest BCUT2D eigenvalue weighted by atomic mass is 19.4. The number of imide groups is 1. The van der Waals surface area contributed by atoms with Gasteiger partial charge in [-0.05, 0) is 61.9 Å². The van der Waals surface area contributed by atoms with Crippen molar-refractivity contribution >= 4 is 23.3 Å².